The van der Waals surface area contributed by atoms with Crippen molar-refractivity contribution in [2.45, 2.75) is 25.7 Å². The second kappa shape index (κ2) is 4.63. The van der Waals surface area contributed by atoms with E-state index in [4.69, 9.17) is 0 Å². The van der Waals surface area contributed by atoms with Crippen molar-refractivity contribution < 1.29 is 18.0 Å². The minimum absolute atomic E-state index is 0.0245. The monoisotopic (exact) mass is 257 g/mol. The first-order valence-electron chi connectivity index (χ1n) is 5.89. The molecule has 98 valence electrons. The summed E-state index contributed by atoms with van der Waals surface area (Å²) in [5.74, 6) is -4.13. The highest BCUT2D eigenvalue weighted by molar-refractivity contribution is 5.96. The topological polar surface area (TPSA) is 20.3 Å². The molecule has 1 fully saturated rings. The predicted molar refractivity (Wildman–Crippen MR) is 61.2 cm³/mol. The standard InChI is InChI=1S/C13H14F3NO/c1-2-9-4-3-5-10(14)11(9)12(18)17-7-6-13(15,16)8-17/h3-5H,2,6-8H2,1H3. The number of nitrogens with zero attached hydrogens (tertiary/aromatic N) is 1. The van der Waals surface area contributed by atoms with E-state index < -0.39 is 24.2 Å². The highest BCUT2D eigenvalue weighted by Crippen LogP contribution is 2.29. The number of aryl methyl sites for hydroxylation is 1. The summed E-state index contributed by atoms with van der Waals surface area (Å²) in [7, 11) is 0. The zero-order valence-corrected chi connectivity index (χ0v) is 10.0. The van der Waals surface area contributed by atoms with E-state index >= 15 is 0 Å². The van der Waals surface area contributed by atoms with Crippen molar-refractivity contribution in [1.82, 2.24) is 4.90 Å². The number of amides is 1. The van der Waals surface area contributed by atoms with Gasteiger partial charge in [0.15, 0.2) is 0 Å². The lowest BCUT2D eigenvalue weighted by Gasteiger charge is -2.18. The van der Waals surface area contributed by atoms with Crippen LogP contribution in [0.5, 0.6) is 0 Å². The molecule has 1 heterocycles. The van der Waals surface area contributed by atoms with Crippen LogP contribution in [-0.2, 0) is 6.42 Å². The van der Waals surface area contributed by atoms with Crippen molar-refractivity contribution >= 4 is 5.91 Å². The van der Waals surface area contributed by atoms with Crippen LogP contribution >= 0.6 is 0 Å². The lowest BCUT2D eigenvalue weighted by Crippen LogP contribution is -2.32. The molecule has 0 aliphatic carbocycles. The molecule has 2 rings (SSSR count). The molecule has 0 atom stereocenters. The van der Waals surface area contributed by atoms with Gasteiger partial charge < -0.3 is 4.90 Å². The van der Waals surface area contributed by atoms with Crippen LogP contribution in [0.4, 0.5) is 13.2 Å². The number of halogens is 3. The molecule has 18 heavy (non-hydrogen) atoms. The number of benzene rings is 1. The Bertz CT molecular complexity index is 473. The average Bonchev–Trinajstić information content (AvgIpc) is 2.68. The van der Waals surface area contributed by atoms with Gasteiger partial charge in [0.05, 0.1) is 12.1 Å². The molecular weight excluding hydrogens is 243 g/mol. The third-order valence-electron chi connectivity index (χ3n) is 3.15. The molecule has 1 aromatic carbocycles. The van der Waals surface area contributed by atoms with Gasteiger partial charge in [-0.3, -0.25) is 4.79 Å². The molecule has 1 aliphatic rings. The van der Waals surface area contributed by atoms with E-state index in [0.29, 0.717) is 12.0 Å². The van der Waals surface area contributed by atoms with Gasteiger partial charge in [0.1, 0.15) is 5.82 Å². The van der Waals surface area contributed by atoms with Gasteiger partial charge in [-0.05, 0) is 18.1 Å². The maximum Gasteiger partial charge on any atom is 0.267 e. The summed E-state index contributed by atoms with van der Waals surface area (Å²) in [6.07, 6.45) is 0.137. The minimum atomic E-state index is -2.85. The van der Waals surface area contributed by atoms with Gasteiger partial charge in [-0.25, -0.2) is 13.2 Å². The fourth-order valence-electron chi connectivity index (χ4n) is 2.17. The maximum atomic E-state index is 13.7. The molecule has 5 heteroatoms. The van der Waals surface area contributed by atoms with Crippen LogP contribution in [0, 0.1) is 5.82 Å². The van der Waals surface area contributed by atoms with Crippen LogP contribution in [0.25, 0.3) is 0 Å². The van der Waals surface area contributed by atoms with Crippen LogP contribution < -0.4 is 0 Å². The maximum absolute atomic E-state index is 13.7. The lowest BCUT2D eigenvalue weighted by atomic mass is 10.0. The van der Waals surface area contributed by atoms with E-state index in [-0.39, 0.29) is 18.5 Å². The Labute approximate surface area is 103 Å². The number of rotatable bonds is 2. The van der Waals surface area contributed by atoms with Gasteiger partial charge in [-0.2, -0.15) is 0 Å². The number of hydrogen-bond acceptors (Lipinski definition) is 1. The first-order valence-corrected chi connectivity index (χ1v) is 5.89. The lowest BCUT2D eigenvalue weighted by molar-refractivity contribution is 0.0119. The van der Waals surface area contributed by atoms with E-state index in [2.05, 4.69) is 0 Å². The third kappa shape index (κ3) is 2.35. The van der Waals surface area contributed by atoms with Gasteiger partial charge in [-0.15, -0.1) is 0 Å². The van der Waals surface area contributed by atoms with E-state index in [0.717, 1.165) is 4.90 Å². The average molecular weight is 257 g/mol. The fraction of sp³-hybridized carbons (Fsp3) is 0.462. The van der Waals surface area contributed by atoms with Gasteiger partial charge in [-0.1, -0.05) is 19.1 Å². The van der Waals surface area contributed by atoms with Gasteiger partial charge >= 0.3 is 0 Å². The van der Waals surface area contributed by atoms with E-state index in [1.165, 1.54) is 12.1 Å². The van der Waals surface area contributed by atoms with E-state index in [9.17, 15) is 18.0 Å². The summed E-state index contributed by atoms with van der Waals surface area (Å²) in [6, 6.07) is 4.34. The van der Waals surface area contributed by atoms with Gasteiger partial charge in [0, 0.05) is 13.0 Å². The molecule has 0 bridgehead atoms. The minimum Gasteiger partial charge on any atom is -0.332 e. The van der Waals surface area contributed by atoms with E-state index in [1.807, 2.05) is 0 Å². The van der Waals surface area contributed by atoms with Crippen molar-refractivity contribution in [2.24, 2.45) is 0 Å². The SMILES string of the molecule is CCc1cccc(F)c1C(=O)N1CCC(F)(F)C1. The summed E-state index contributed by atoms with van der Waals surface area (Å²) in [5, 5.41) is 0. The molecule has 1 amide bonds. The van der Waals surface area contributed by atoms with Crippen LogP contribution in [-0.4, -0.2) is 29.8 Å². The predicted octanol–water partition coefficient (Wildman–Crippen LogP) is 2.87. The zero-order chi connectivity index (χ0) is 13.3. The second-order valence-corrected chi connectivity index (χ2v) is 4.46. The number of alkyl halides is 2. The smallest absolute Gasteiger partial charge is 0.267 e. The number of likely N-dealkylation sites (tertiary alicyclic amines) is 1. The number of hydrogen-bond donors (Lipinski definition) is 0. The Morgan fingerprint density at radius 2 is 2.17 bits per heavy atom. The Balaban J connectivity index is 2.30. The van der Waals surface area contributed by atoms with Gasteiger partial charge in [0.2, 0.25) is 0 Å². The van der Waals surface area contributed by atoms with Crippen LogP contribution in [0.3, 0.4) is 0 Å². The fourth-order valence-corrected chi connectivity index (χ4v) is 2.17. The second-order valence-electron chi connectivity index (χ2n) is 4.46. The molecule has 1 aliphatic heterocycles. The van der Waals surface area contributed by atoms with Crippen molar-refractivity contribution in [2.75, 3.05) is 13.1 Å². The summed E-state index contributed by atoms with van der Waals surface area (Å²) in [4.78, 5) is 13.1. The van der Waals surface area contributed by atoms with Crippen molar-refractivity contribution in [3.63, 3.8) is 0 Å². The largest absolute Gasteiger partial charge is 0.332 e. The Morgan fingerprint density at radius 1 is 1.44 bits per heavy atom. The Kier molecular flexibility index (Phi) is 3.32. The summed E-state index contributed by atoms with van der Waals surface area (Å²) in [6.45, 7) is 1.15. The summed E-state index contributed by atoms with van der Waals surface area (Å²) >= 11 is 0. The van der Waals surface area contributed by atoms with Crippen molar-refractivity contribution in [3.8, 4) is 0 Å². The molecule has 0 aromatic heterocycles. The van der Waals surface area contributed by atoms with Crippen LogP contribution in [0.15, 0.2) is 18.2 Å². The molecule has 0 radical (unpaired) electrons. The number of carbonyl (C=O) groups excluding carboxylic acids is 1. The molecular formula is C13H14F3NO. The molecule has 0 N–H and O–H groups in total. The van der Waals surface area contributed by atoms with Crippen LogP contribution in [0.1, 0.15) is 29.3 Å². The Hall–Kier alpha value is -1.52. The molecule has 1 aromatic rings. The highest BCUT2D eigenvalue weighted by Gasteiger charge is 2.41. The molecule has 0 saturated carbocycles. The zero-order valence-electron chi connectivity index (χ0n) is 10.0. The molecule has 0 unspecified atom stereocenters. The highest BCUT2D eigenvalue weighted by atomic mass is 19.3. The van der Waals surface area contributed by atoms with Crippen LogP contribution in [0.2, 0.25) is 0 Å². The van der Waals surface area contributed by atoms with Gasteiger partial charge in [0.25, 0.3) is 11.8 Å². The van der Waals surface area contributed by atoms with E-state index in [1.54, 1.807) is 13.0 Å². The van der Waals surface area contributed by atoms with Crippen molar-refractivity contribution in [3.05, 3.63) is 35.1 Å². The first kappa shape index (κ1) is 12.9. The molecule has 0 spiro atoms. The third-order valence-corrected chi connectivity index (χ3v) is 3.15. The summed E-state index contributed by atoms with van der Waals surface area (Å²) in [5.41, 5.74) is 0.480. The molecule has 1 saturated heterocycles. The normalized spacial score (nSPS) is 18.1. The quantitative estimate of drug-likeness (QED) is 0.797. The Morgan fingerprint density at radius 3 is 2.72 bits per heavy atom. The first-order chi connectivity index (χ1) is 8.44. The summed E-state index contributed by atoms with van der Waals surface area (Å²) < 4.78 is 39.8. The van der Waals surface area contributed by atoms with Crippen molar-refractivity contribution in [1.29, 1.82) is 0 Å². The number of carbonyl (C=O) groups is 1. The molecule has 2 nitrogen and oxygen atoms in total.